The molecule has 0 spiro atoms. The molecule has 0 aliphatic heterocycles. The van der Waals surface area contributed by atoms with Crippen LogP contribution < -0.4 is 10.2 Å². The number of esters is 1. The van der Waals surface area contributed by atoms with E-state index < -0.39 is 23.5 Å². The number of halogens is 1. The van der Waals surface area contributed by atoms with Gasteiger partial charge in [0.15, 0.2) is 5.82 Å². The Balaban J connectivity index is 2.19. The smallest absolute Gasteiger partial charge is 0.412 e. The molecule has 0 radical (unpaired) electrons. The predicted octanol–water partition coefficient (Wildman–Crippen LogP) is 4.90. The highest BCUT2D eigenvalue weighted by Crippen LogP contribution is 2.26. The highest BCUT2D eigenvalue weighted by molar-refractivity contribution is 5.92. The number of anilines is 2. The van der Waals surface area contributed by atoms with Crippen LogP contribution in [0.25, 0.3) is 0 Å². The fraction of sp³-hybridized carbons (Fsp3) is 0.364. The van der Waals surface area contributed by atoms with E-state index in [0.29, 0.717) is 17.8 Å². The van der Waals surface area contributed by atoms with Gasteiger partial charge in [0.2, 0.25) is 0 Å². The lowest BCUT2D eigenvalue weighted by Gasteiger charge is -2.22. The molecular formula is C22H27FN2O4. The first-order chi connectivity index (χ1) is 13.5. The number of amides is 1. The lowest BCUT2D eigenvalue weighted by molar-refractivity contribution is 0.0592. The first-order valence-electron chi connectivity index (χ1n) is 9.19. The maximum atomic E-state index is 14.9. The van der Waals surface area contributed by atoms with Crippen molar-refractivity contribution in [3.05, 3.63) is 58.9 Å². The summed E-state index contributed by atoms with van der Waals surface area (Å²) in [7, 11) is 2.95. The first kappa shape index (κ1) is 22.2. The molecule has 0 saturated carbocycles. The second-order valence-electron chi connectivity index (χ2n) is 7.77. The van der Waals surface area contributed by atoms with E-state index in [1.54, 1.807) is 70.0 Å². The molecule has 0 saturated heterocycles. The molecule has 7 heteroatoms. The van der Waals surface area contributed by atoms with Crippen molar-refractivity contribution in [3.8, 4) is 0 Å². The van der Waals surface area contributed by atoms with Gasteiger partial charge in [0.05, 0.1) is 12.8 Å². The lowest BCUT2D eigenvalue weighted by atomic mass is 10.1. The van der Waals surface area contributed by atoms with Gasteiger partial charge in [-0.15, -0.1) is 0 Å². The summed E-state index contributed by atoms with van der Waals surface area (Å²) < 4.78 is 24.9. The van der Waals surface area contributed by atoms with Crippen LogP contribution in [0.2, 0.25) is 0 Å². The number of rotatable bonds is 5. The van der Waals surface area contributed by atoms with Gasteiger partial charge in [-0.05, 0) is 57.0 Å². The molecule has 0 fully saturated rings. The largest absolute Gasteiger partial charge is 0.465 e. The summed E-state index contributed by atoms with van der Waals surface area (Å²) in [6.07, 6.45) is -0.546. The number of nitrogens with zero attached hydrogens (tertiary/aromatic N) is 1. The number of benzene rings is 2. The summed E-state index contributed by atoms with van der Waals surface area (Å²) in [4.78, 5) is 25.5. The molecule has 2 rings (SSSR count). The van der Waals surface area contributed by atoms with Crippen LogP contribution in [0.4, 0.5) is 20.6 Å². The Bertz CT molecular complexity index is 906. The molecule has 2 aromatic carbocycles. The summed E-state index contributed by atoms with van der Waals surface area (Å²) in [5, 5.41) is 2.69. The zero-order valence-electron chi connectivity index (χ0n) is 17.6. The maximum absolute atomic E-state index is 14.9. The molecule has 0 aliphatic rings. The molecule has 1 amide bonds. The van der Waals surface area contributed by atoms with Crippen molar-refractivity contribution < 1.29 is 23.5 Å². The molecule has 2 aromatic rings. The van der Waals surface area contributed by atoms with E-state index in [0.717, 1.165) is 5.56 Å². The fourth-order valence-electron chi connectivity index (χ4n) is 2.84. The molecule has 29 heavy (non-hydrogen) atoms. The SMILES string of the molecule is COC(=O)c1c(C)ccc(N(C)Cc2cccc(NC(=O)OC(C)(C)C)c2)c1F. The van der Waals surface area contributed by atoms with Crippen molar-refractivity contribution in [1.82, 2.24) is 0 Å². The highest BCUT2D eigenvalue weighted by atomic mass is 19.1. The number of ether oxygens (including phenoxy) is 2. The summed E-state index contributed by atoms with van der Waals surface area (Å²) >= 11 is 0. The Morgan fingerprint density at radius 1 is 1.17 bits per heavy atom. The van der Waals surface area contributed by atoms with Crippen molar-refractivity contribution in [3.63, 3.8) is 0 Å². The van der Waals surface area contributed by atoms with Crippen LogP contribution in [0, 0.1) is 12.7 Å². The summed E-state index contributed by atoms with van der Waals surface area (Å²) in [6.45, 7) is 7.39. The van der Waals surface area contributed by atoms with Crippen molar-refractivity contribution in [2.75, 3.05) is 24.4 Å². The third kappa shape index (κ3) is 5.94. The zero-order chi connectivity index (χ0) is 21.8. The Morgan fingerprint density at radius 3 is 2.48 bits per heavy atom. The van der Waals surface area contributed by atoms with Crippen LogP contribution in [0.15, 0.2) is 36.4 Å². The standard InChI is InChI=1S/C22H27FN2O4/c1-14-10-11-17(19(23)18(14)20(26)28-6)25(5)13-15-8-7-9-16(12-15)24-21(27)29-22(2,3)4/h7-12H,13H2,1-6H3,(H,24,27). The summed E-state index contributed by atoms with van der Waals surface area (Å²) in [5.74, 6) is -1.33. The van der Waals surface area contributed by atoms with Crippen molar-refractivity contribution in [1.29, 1.82) is 0 Å². The third-order valence-corrected chi connectivity index (χ3v) is 4.12. The number of hydrogen-bond donors (Lipinski definition) is 1. The van der Waals surface area contributed by atoms with Gasteiger partial charge in [-0.1, -0.05) is 18.2 Å². The molecule has 0 heterocycles. The van der Waals surface area contributed by atoms with Gasteiger partial charge in [0.25, 0.3) is 0 Å². The monoisotopic (exact) mass is 402 g/mol. The van der Waals surface area contributed by atoms with E-state index in [4.69, 9.17) is 4.74 Å². The van der Waals surface area contributed by atoms with E-state index in [-0.39, 0.29) is 11.3 Å². The Labute approximate surface area is 170 Å². The molecule has 1 N–H and O–H groups in total. The number of nitrogens with one attached hydrogen (secondary N) is 1. The minimum Gasteiger partial charge on any atom is -0.465 e. The van der Waals surface area contributed by atoms with Gasteiger partial charge in [0.1, 0.15) is 11.2 Å². The number of carbonyl (C=O) groups is 2. The molecule has 156 valence electrons. The molecule has 0 bridgehead atoms. The molecule has 0 unspecified atom stereocenters. The van der Waals surface area contributed by atoms with E-state index in [9.17, 15) is 14.0 Å². The van der Waals surface area contributed by atoms with Gasteiger partial charge >= 0.3 is 12.1 Å². The van der Waals surface area contributed by atoms with Gasteiger partial charge in [-0.25, -0.2) is 14.0 Å². The second-order valence-corrected chi connectivity index (χ2v) is 7.77. The Hall–Kier alpha value is -3.09. The molecular weight excluding hydrogens is 375 g/mol. The predicted molar refractivity (Wildman–Crippen MR) is 111 cm³/mol. The Morgan fingerprint density at radius 2 is 1.86 bits per heavy atom. The van der Waals surface area contributed by atoms with Gasteiger partial charge in [-0.3, -0.25) is 5.32 Å². The average molecular weight is 402 g/mol. The topological polar surface area (TPSA) is 67.9 Å². The molecule has 6 nitrogen and oxygen atoms in total. The van der Waals surface area contributed by atoms with E-state index in [2.05, 4.69) is 10.1 Å². The highest BCUT2D eigenvalue weighted by Gasteiger charge is 2.21. The lowest BCUT2D eigenvalue weighted by Crippen LogP contribution is -2.27. The van der Waals surface area contributed by atoms with Crippen LogP contribution >= 0.6 is 0 Å². The summed E-state index contributed by atoms with van der Waals surface area (Å²) in [6, 6.07) is 10.5. The normalized spacial score (nSPS) is 11.0. The molecule has 0 aliphatic carbocycles. The minimum absolute atomic E-state index is 0.0720. The van der Waals surface area contributed by atoms with Gasteiger partial charge in [0, 0.05) is 19.3 Å². The molecule has 0 aromatic heterocycles. The van der Waals surface area contributed by atoms with Crippen molar-refractivity contribution >= 4 is 23.4 Å². The number of hydrogen-bond acceptors (Lipinski definition) is 5. The van der Waals surface area contributed by atoms with E-state index in [1.165, 1.54) is 7.11 Å². The van der Waals surface area contributed by atoms with Crippen LogP contribution in [-0.2, 0) is 16.0 Å². The van der Waals surface area contributed by atoms with Crippen LogP contribution in [0.5, 0.6) is 0 Å². The fourth-order valence-corrected chi connectivity index (χ4v) is 2.84. The summed E-state index contributed by atoms with van der Waals surface area (Å²) in [5.41, 5.74) is 1.54. The van der Waals surface area contributed by atoms with Crippen LogP contribution in [0.3, 0.4) is 0 Å². The number of aryl methyl sites for hydroxylation is 1. The van der Waals surface area contributed by atoms with E-state index in [1.807, 2.05) is 6.07 Å². The quantitative estimate of drug-likeness (QED) is 0.720. The van der Waals surface area contributed by atoms with Crippen molar-refractivity contribution in [2.45, 2.75) is 39.8 Å². The minimum atomic E-state index is -0.709. The number of carbonyl (C=O) groups excluding carboxylic acids is 2. The maximum Gasteiger partial charge on any atom is 0.412 e. The first-order valence-corrected chi connectivity index (χ1v) is 9.19. The number of methoxy groups -OCH3 is 1. The zero-order valence-corrected chi connectivity index (χ0v) is 17.6. The molecule has 0 atom stereocenters. The average Bonchev–Trinajstić information content (AvgIpc) is 2.60. The van der Waals surface area contributed by atoms with Crippen LogP contribution in [-0.4, -0.2) is 31.8 Å². The Kier molecular flexibility index (Phi) is 6.84. The van der Waals surface area contributed by atoms with Gasteiger partial charge < -0.3 is 14.4 Å². The van der Waals surface area contributed by atoms with Crippen LogP contribution in [0.1, 0.15) is 42.3 Å². The third-order valence-electron chi connectivity index (χ3n) is 4.12. The van der Waals surface area contributed by atoms with Crippen molar-refractivity contribution in [2.24, 2.45) is 0 Å². The van der Waals surface area contributed by atoms with E-state index >= 15 is 0 Å². The van der Waals surface area contributed by atoms with Gasteiger partial charge in [-0.2, -0.15) is 0 Å². The second kappa shape index (κ2) is 8.94.